The van der Waals surface area contributed by atoms with Crippen LogP contribution >= 0.6 is 0 Å². The standard InChI is InChI=1S/C23H28N4O4/c1-16-14-25(9-10-26(16)23(29)24(2)3)21(28)20-13-18-8-11-31-22(18)27(20)15-17-6-5-7-19(12-17)30-4/h5-8,11-13,16H,9-10,14-15H2,1-4H3. The molecule has 1 aromatic carbocycles. The summed E-state index contributed by atoms with van der Waals surface area (Å²) < 4.78 is 12.9. The fourth-order valence-electron chi connectivity index (χ4n) is 4.11. The number of urea groups is 1. The van der Waals surface area contributed by atoms with Crippen LogP contribution in [0.1, 0.15) is 23.0 Å². The lowest BCUT2D eigenvalue weighted by Crippen LogP contribution is -2.57. The Morgan fingerprint density at radius 2 is 2.00 bits per heavy atom. The van der Waals surface area contributed by atoms with Crippen LogP contribution in [0.5, 0.6) is 5.75 Å². The summed E-state index contributed by atoms with van der Waals surface area (Å²) in [6.07, 6.45) is 1.63. The zero-order valence-corrected chi connectivity index (χ0v) is 18.4. The fraction of sp³-hybridized carbons (Fsp3) is 0.391. The maximum atomic E-state index is 13.5. The van der Waals surface area contributed by atoms with Crippen LogP contribution in [-0.4, -0.2) is 78.1 Å². The zero-order chi connectivity index (χ0) is 22.1. The maximum Gasteiger partial charge on any atom is 0.319 e. The van der Waals surface area contributed by atoms with Crippen molar-refractivity contribution in [2.75, 3.05) is 40.8 Å². The van der Waals surface area contributed by atoms with Crippen LogP contribution in [0.25, 0.3) is 11.1 Å². The first-order valence-corrected chi connectivity index (χ1v) is 10.4. The first-order valence-electron chi connectivity index (χ1n) is 10.4. The molecule has 0 radical (unpaired) electrons. The number of hydrogen-bond acceptors (Lipinski definition) is 4. The number of benzene rings is 1. The van der Waals surface area contributed by atoms with Gasteiger partial charge in [0.25, 0.3) is 5.91 Å². The average molecular weight is 425 g/mol. The van der Waals surface area contributed by atoms with E-state index >= 15 is 0 Å². The van der Waals surface area contributed by atoms with Crippen LogP contribution in [0.4, 0.5) is 4.79 Å². The number of aromatic nitrogens is 1. The van der Waals surface area contributed by atoms with Gasteiger partial charge in [-0.1, -0.05) is 12.1 Å². The Labute approximate surface area is 181 Å². The molecule has 3 aromatic rings. The molecule has 1 unspecified atom stereocenters. The number of furan rings is 1. The third kappa shape index (κ3) is 3.97. The second-order valence-corrected chi connectivity index (χ2v) is 8.12. The Bertz CT molecular complexity index is 1100. The van der Waals surface area contributed by atoms with E-state index in [4.69, 9.17) is 9.15 Å². The van der Waals surface area contributed by atoms with Gasteiger partial charge in [0.1, 0.15) is 11.4 Å². The third-order valence-electron chi connectivity index (χ3n) is 5.74. The smallest absolute Gasteiger partial charge is 0.319 e. The summed E-state index contributed by atoms with van der Waals surface area (Å²) in [5.41, 5.74) is 2.26. The first-order chi connectivity index (χ1) is 14.9. The van der Waals surface area contributed by atoms with Crippen molar-refractivity contribution in [2.45, 2.75) is 19.5 Å². The van der Waals surface area contributed by atoms with E-state index in [0.29, 0.717) is 37.6 Å². The van der Waals surface area contributed by atoms with E-state index < -0.39 is 0 Å². The Morgan fingerprint density at radius 3 is 2.71 bits per heavy atom. The Balaban J connectivity index is 1.59. The van der Waals surface area contributed by atoms with Crippen LogP contribution in [-0.2, 0) is 6.54 Å². The number of methoxy groups -OCH3 is 1. The second kappa shape index (κ2) is 8.37. The highest BCUT2D eigenvalue weighted by Gasteiger charge is 2.32. The number of carbonyl (C=O) groups is 2. The van der Waals surface area contributed by atoms with Gasteiger partial charge in [0.2, 0.25) is 5.71 Å². The molecule has 164 valence electrons. The molecular weight excluding hydrogens is 396 g/mol. The minimum absolute atomic E-state index is 0.0292. The summed E-state index contributed by atoms with van der Waals surface area (Å²) in [4.78, 5) is 31.1. The number of amides is 3. The molecule has 3 heterocycles. The van der Waals surface area contributed by atoms with Crippen LogP contribution in [0.15, 0.2) is 47.1 Å². The van der Waals surface area contributed by atoms with Crippen LogP contribution in [0, 0.1) is 0 Å². The predicted octanol–water partition coefficient (Wildman–Crippen LogP) is 3.12. The van der Waals surface area contributed by atoms with Gasteiger partial charge in [-0.15, -0.1) is 0 Å². The Morgan fingerprint density at radius 1 is 1.19 bits per heavy atom. The minimum Gasteiger partial charge on any atom is -0.497 e. The van der Waals surface area contributed by atoms with Crippen LogP contribution < -0.4 is 4.74 Å². The number of nitrogens with zero attached hydrogens (tertiary/aromatic N) is 4. The number of rotatable bonds is 4. The quantitative estimate of drug-likeness (QED) is 0.645. The molecule has 1 saturated heterocycles. The van der Waals surface area contributed by atoms with E-state index in [1.165, 1.54) is 0 Å². The molecular formula is C23H28N4O4. The van der Waals surface area contributed by atoms with E-state index in [1.807, 2.05) is 57.7 Å². The van der Waals surface area contributed by atoms with Gasteiger partial charge < -0.3 is 28.4 Å². The second-order valence-electron chi connectivity index (χ2n) is 8.12. The van der Waals surface area contributed by atoms with Crippen molar-refractivity contribution < 1.29 is 18.7 Å². The lowest BCUT2D eigenvalue weighted by Gasteiger charge is -2.40. The molecule has 3 amide bonds. The highest BCUT2D eigenvalue weighted by Crippen LogP contribution is 2.25. The zero-order valence-electron chi connectivity index (χ0n) is 18.4. The monoisotopic (exact) mass is 424 g/mol. The van der Waals surface area contributed by atoms with Crippen LogP contribution in [0.3, 0.4) is 0 Å². The van der Waals surface area contributed by atoms with E-state index in [-0.39, 0.29) is 18.0 Å². The van der Waals surface area contributed by atoms with Crippen molar-refractivity contribution in [3.63, 3.8) is 0 Å². The summed E-state index contributed by atoms with van der Waals surface area (Å²) in [7, 11) is 5.12. The van der Waals surface area contributed by atoms with E-state index in [0.717, 1.165) is 16.7 Å². The van der Waals surface area contributed by atoms with Crippen molar-refractivity contribution in [3.05, 3.63) is 53.9 Å². The third-order valence-corrected chi connectivity index (χ3v) is 5.74. The van der Waals surface area contributed by atoms with E-state index in [1.54, 1.807) is 32.4 Å². The minimum atomic E-state index is -0.0580. The highest BCUT2D eigenvalue weighted by atomic mass is 16.5. The van der Waals surface area contributed by atoms with Crippen molar-refractivity contribution in [1.29, 1.82) is 0 Å². The Kier molecular flexibility index (Phi) is 5.63. The molecule has 31 heavy (non-hydrogen) atoms. The summed E-state index contributed by atoms with van der Waals surface area (Å²) in [6, 6.07) is 11.4. The van der Waals surface area contributed by atoms with Gasteiger partial charge in [-0.25, -0.2) is 4.79 Å². The molecule has 0 spiro atoms. The van der Waals surface area contributed by atoms with Gasteiger partial charge in [-0.2, -0.15) is 0 Å². The molecule has 1 aliphatic rings. The summed E-state index contributed by atoms with van der Waals surface area (Å²) in [6.45, 7) is 3.96. The van der Waals surface area contributed by atoms with E-state index in [2.05, 4.69) is 0 Å². The lowest BCUT2D eigenvalue weighted by atomic mass is 10.1. The molecule has 0 bridgehead atoms. The predicted molar refractivity (Wildman–Crippen MR) is 117 cm³/mol. The molecule has 0 N–H and O–H groups in total. The Hall–Kier alpha value is -3.42. The van der Waals surface area contributed by atoms with Gasteiger partial charge in [-0.05, 0) is 36.8 Å². The van der Waals surface area contributed by atoms with Gasteiger partial charge in [0, 0.05) is 45.2 Å². The summed E-state index contributed by atoms with van der Waals surface area (Å²) in [5, 5.41) is 0.890. The highest BCUT2D eigenvalue weighted by molar-refractivity contribution is 5.98. The van der Waals surface area contributed by atoms with E-state index in [9.17, 15) is 9.59 Å². The average Bonchev–Trinajstić information content (AvgIpc) is 3.35. The van der Waals surface area contributed by atoms with Gasteiger partial charge in [0.05, 0.1) is 19.9 Å². The van der Waals surface area contributed by atoms with Gasteiger partial charge in [0.15, 0.2) is 0 Å². The lowest BCUT2D eigenvalue weighted by molar-refractivity contribution is 0.0542. The molecule has 0 aliphatic carbocycles. The SMILES string of the molecule is COc1cccc(Cn2c(C(=O)N3CCN(C(=O)N(C)C)C(C)C3)cc3ccoc32)c1. The molecule has 1 atom stereocenters. The molecule has 1 aliphatic heterocycles. The van der Waals surface area contributed by atoms with Gasteiger partial charge in [-0.3, -0.25) is 4.79 Å². The van der Waals surface area contributed by atoms with Crippen molar-refractivity contribution in [1.82, 2.24) is 19.3 Å². The number of piperazine rings is 1. The molecule has 2 aromatic heterocycles. The summed E-state index contributed by atoms with van der Waals surface area (Å²) >= 11 is 0. The largest absolute Gasteiger partial charge is 0.497 e. The number of carbonyl (C=O) groups excluding carboxylic acids is 2. The number of hydrogen-bond donors (Lipinski definition) is 0. The first kappa shape index (κ1) is 20.8. The number of ether oxygens (including phenoxy) is 1. The fourth-order valence-corrected chi connectivity index (χ4v) is 4.11. The molecule has 4 rings (SSSR count). The van der Waals surface area contributed by atoms with Crippen molar-refractivity contribution in [3.8, 4) is 5.75 Å². The number of fused-ring (bicyclic) bond motifs is 1. The summed E-state index contributed by atoms with van der Waals surface area (Å²) in [5.74, 6) is 0.710. The topological polar surface area (TPSA) is 71.2 Å². The molecule has 1 fully saturated rings. The van der Waals surface area contributed by atoms with Crippen molar-refractivity contribution in [2.24, 2.45) is 0 Å². The normalized spacial score (nSPS) is 16.6. The molecule has 8 heteroatoms. The van der Waals surface area contributed by atoms with Crippen LogP contribution in [0.2, 0.25) is 0 Å². The maximum absolute atomic E-state index is 13.5. The molecule has 8 nitrogen and oxygen atoms in total. The molecule has 0 saturated carbocycles. The van der Waals surface area contributed by atoms with Gasteiger partial charge >= 0.3 is 6.03 Å². The van der Waals surface area contributed by atoms with Crippen molar-refractivity contribution >= 4 is 23.0 Å².